The van der Waals surface area contributed by atoms with Crippen molar-refractivity contribution in [2.75, 3.05) is 11.9 Å². The summed E-state index contributed by atoms with van der Waals surface area (Å²) in [6.45, 7) is 2.44. The molecule has 21 heavy (non-hydrogen) atoms. The summed E-state index contributed by atoms with van der Waals surface area (Å²) in [5.74, 6) is -0.746. The first-order chi connectivity index (χ1) is 9.97. The Labute approximate surface area is 122 Å². The van der Waals surface area contributed by atoms with Crippen LogP contribution in [0.5, 0.6) is 0 Å². The van der Waals surface area contributed by atoms with E-state index in [0.29, 0.717) is 24.2 Å². The molecule has 0 aromatic heterocycles. The minimum atomic E-state index is -0.565. The SMILES string of the molecule is Cc1ccc(C(N)=O)cc1NC(=O)NC1CCCNC1=O. The second-order valence-corrected chi connectivity index (χ2v) is 4.98. The first-order valence-corrected chi connectivity index (χ1v) is 6.73. The first-order valence-electron chi connectivity index (χ1n) is 6.73. The van der Waals surface area contributed by atoms with Crippen LogP contribution in [0.2, 0.25) is 0 Å². The van der Waals surface area contributed by atoms with E-state index in [1.54, 1.807) is 19.1 Å². The maximum atomic E-state index is 11.9. The fraction of sp³-hybridized carbons (Fsp3) is 0.357. The summed E-state index contributed by atoms with van der Waals surface area (Å²) in [6.07, 6.45) is 1.44. The minimum Gasteiger partial charge on any atom is -0.366 e. The van der Waals surface area contributed by atoms with Crippen LogP contribution in [-0.2, 0) is 4.79 Å². The number of benzene rings is 1. The Hall–Kier alpha value is -2.57. The predicted molar refractivity (Wildman–Crippen MR) is 77.9 cm³/mol. The van der Waals surface area contributed by atoms with Gasteiger partial charge in [0.2, 0.25) is 11.8 Å². The Morgan fingerprint density at radius 2 is 2.14 bits per heavy atom. The van der Waals surface area contributed by atoms with Crippen molar-refractivity contribution < 1.29 is 14.4 Å². The molecule has 1 atom stereocenters. The highest BCUT2D eigenvalue weighted by atomic mass is 16.2. The minimum absolute atomic E-state index is 0.181. The number of aryl methyl sites for hydroxylation is 1. The zero-order valence-corrected chi connectivity index (χ0v) is 11.7. The van der Waals surface area contributed by atoms with Gasteiger partial charge in [-0.3, -0.25) is 9.59 Å². The van der Waals surface area contributed by atoms with Gasteiger partial charge in [0.15, 0.2) is 0 Å². The number of carbonyl (C=O) groups excluding carboxylic acids is 3. The highest BCUT2D eigenvalue weighted by Crippen LogP contribution is 2.16. The van der Waals surface area contributed by atoms with Crippen molar-refractivity contribution >= 4 is 23.5 Å². The van der Waals surface area contributed by atoms with E-state index >= 15 is 0 Å². The van der Waals surface area contributed by atoms with E-state index in [9.17, 15) is 14.4 Å². The van der Waals surface area contributed by atoms with Gasteiger partial charge in [-0.25, -0.2) is 4.79 Å². The topological polar surface area (TPSA) is 113 Å². The Bertz CT molecular complexity index is 586. The number of anilines is 1. The van der Waals surface area contributed by atoms with E-state index in [-0.39, 0.29) is 5.91 Å². The van der Waals surface area contributed by atoms with Crippen molar-refractivity contribution in [2.24, 2.45) is 5.73 Å². The van der Waals surface area contributed by atoms with Gasteiger partial charge in [-0.05, 0) is 37.5 Å². The van der Waals surface area contributed by atoms with Crippen molar-refractivity contribution in [1.29, 1.82) is 0 Å². The van der Waals surface area contributed by atoms with Crippen LogP contribution in [0.3, 0.4) is 0 Å². The van der Waals surface area contributed by atoms with Gasteiger partial charge in [0.1, 0.15) is 6.04 Å². The monoisotopic (exact) mass is 290 g/mol. The van der Waals surface area contributed by atoms with Gasteiger partial charge in [-0.15, -0.1) is 0 Å². The fourth-order valence-electron chi connectivity index (χ4n) is 2.14. The van der Waals surface area contributed by atoms with Crippen LogP contribution in [0.25, 0.3) is 0 Å². The number of hydrogen-bond acceptors (Lipinski definition) is 3. The first kappa shape index (κ1) is 14.8. The van der Waals surface area contributed by atoms with Crippen molar-refractivity contribution in [3.63, 3.8) is 0 Å². The molecule has 4 amide bonds. The zero-order chi connectivity index (χ0) is 15.4. The predicted octanol–water partition coefficient (Wildman–Crippen LogP) is 0.494. The van der Waals surface area contributed by atoms with Gasteiger partial charge < -0.3 is 21.7 Å². The second-order valence-electron chi connectivity index (χ2n) is 4.98. The van der Waals surface area contributed by atoms with Crippen LogP contribution >= 0.6 is 0 Å². The molecule has 0 spiro atoms. The van der Waals surface area contributed by atoms with Crippen LogP contribution < -0.4 is 21.7 Å². The summed E-state index contributed by atoms with van der Waals surface area (Å²) in [6, 6.07) is 3.79. The van der Waals surface area contributed by atoms with Crippen LogP contribution in [-0.4, -0.2) is 30.4 Å². The molecule has 0 radical (unpaired) electrons. The number of urea groups is 1. The molecule has 1 heterocycles. The molecule has 7 nitrogen and oxygen atoms in total. The molecule has 7 heteroatoms. The van der Waals surface area contributed by atoms with E-state index < -0.39 is 18.0 Å². The van der Waals surface area contributed by atoms with Crippen molar-refractivity contribution in [3.05, 3.63) is 29.3 Å². The lowest BCUT2D eigenvalue weighted by Gasteiger charge is -2.23. The number of amides is 4. The van der Waals surface area contributed by atoms with Crippen LogP contribution in [0.15, 0.2) is 18.2 Å². The average molecular weight is 290 g/mol. The van der Waals surface area contributed by atoms with E-state index in [2.05, 4.69) is 16.0 Å². The second kappa shape index (κ2) is 6.25. The highest BCUT2D eigenvalue weighted by molar-refractivity contribution is 5.97. The van der Waals surface area contributed by atoms with Crippen molar-refractivity contribution in [2.45, 2.75) is 25.8 Å². The van der Waals surface area contributed by atoms with Gasteiger partial charge >= 0.3 is 6.03 Å². The Morgan fingerprint density at radius 1 is 1.38 bits per heavy atom. The third-order valence-electron chi connectivity index (χ3n) is 3.36. The lowest BCUT2D eigenvalue weighted by molar-refractivity contribution is -0.124. The van der Waals surface area contributed by atoms with Crippen LogP contribution in [0, 0.1) is 6.92 Å². The van der Waals surface area contributed by atoms with Gasteiger partial charge in [0.25, 0.3) is 0 Å². The molecule has 1 fully saturated rings. The molecule has 2 rings (SSSR count). The summed E-state index contributed by atoms with van der Waals surface area (Å²) in [7, 11) is 0. The van der Waals surface area contributed by atoms with E-state index in [1.807, 2.05) is 0 Å². The van der Waals surface area contributed by atoms with Gasteiger partial charge in [0.05, 0.1) is 0 Å². The molecule has 1 aromatic rings. The summed E-state index contributed by atoms with van der Waals surface area (Å²) < 4.78 is 0. The normalized spacial score (nSPS) is 17.8. The highest BCUT2D eigenvalue weighted by Gasteiger charge is 2.23. The van der Waals surface area contributed by atoms with E-state index in [1.165, 1.54) is 6.07 Å². The molecule has 1 aromatic carbocycles. The maximum Gasteiger partial charge on any atom is 0.319 e. The third-order valence-corrected chi connectivity index (χ3v) is 3.36. The van der Waals surface area contributed by atoms with Gasteiger partial charge in [-0.2, -0.15) is 0 Å². The van der Waals surface area contributed by atoms with Crippen molar-refractivity contribution in [3.8, 4) is 0 Å². The molecule has 1 saturated heterocycles. The molecule has 5 N–H and O–H groups in total. The summed E-state index contributed by atoms with van der Waals surface area (Å²) in [4.78, 5) is 34.7. The maximum absolute atomic E-state index is 11.9. The Balaban J connectivity index is 2.03. The molecule has 0 saturated carbocycles. The summed E-state index contributed by atoms with van der Waals surface area (Å²) in [5, 5.41) is 7.94. The number of carbonyl (C=O) groups is 3. The number of primary amides is 1. The number of nitrogens with one attached hydrogen (secondary N) is 3. The Kier molecular flexibility index (Phi) is 4.42. The molecular formula is C14H18N4O3. The van der Waals surface area contributed by atoms with Gasteiger partial charge in [0, 0.05) is 17.8 Å². The average Bonchev–Trinajstić information content (AvgIpc) is 2.43. The summed E-state index contributed by atoms with van der Waals surface area (Å²) >= 11 is 0. The van der Waals surface area contributed by atoms with Gasteiger partial charge in [-0.1, -0.05) is 6.07 Å². The van der Waals surface area contributed by atoms with E-state index in [0.717, 1.165) is 12.0 Å². The molecule has 0 aliphatic carbocycles. The van der Waals surface area contributed by atoms with Crippen LogP contribution in [0.4, 0.5) is 10.5 Å². The number of nitrogens with two attached hydrogens (primary N) is 1. The molecule has 1 unspecified atom stereocenters. The number of rotatable bonds is 3. The molecule has 1 aliphatic heterocycles. The fourth-order valence-corrected chi connectivity index (χ4v) is 2.14. The zero-order valence-electron chi connectivity index (χ0n) is 11.7. The largest absolute Gasteiger partial charge is 0.366 e. The Morgan fingerprint density at radius 3 is 2.81 bits per heavy atom. The number of piperidine rings is 1. The molecular weight excluding hydrogens is 272 g/mol. The molecule has 1 aliphatic rings. The lowest BCUT2D eigenvalue weighted by atomic mass is 10.1. The van der Waals surface area contributed by atoms with Crippen LogP contribution in [0.1, 0.15) is 28.8 Å². The molecule has 0 bridgehead atoms. The number of hydrogen-bond donors (Lipinski definition) is 4. The van der Waals surface area contributed by atoms with E-state index in [4.69, 9.17) is 5.73 Å². The summed E-state index contributed by atoms with van der Waals surface area (Å²) in [5.41, 5.74) is 6.80. The lowest BCUT2D eigenvalue weighted by Crippen LogP contribution is -2.51. The smallest absolute Gasteiger partial charge is 0.319 e. The quantitative estimate of drug-likeness (QED) is 0.649. The molecule has 112 valence electrons. The third kappa shape index (κ3) is 3.71. The van der Waals surface area contributed by atoms with Crippen molar-refractivity contribution in [1.82, 2.24) is 10.6 Å². The standard InChI is InChI=1S/C14H18N4O3/c1-8-4-5-9(12(15)19)7-11(8)18-14(21)17-10-3-2-6-16-13(10)20/h4-5,7,10H,2-3,6H2,1H3,(H2,15,19)(H,16,20)(H2,17,18,21).